The molecule has 0 saturated carbocycles. The average molecular weight is 893 g/mol. The van der Waals surface area contributed by atoms with Gasteiger partial charge in [0.05, 0.1) is 0 Å². The summed E-state index contributed by atoms with van der Waals surface area (Å²) in [6.07, 6.45) is 0. The number of hydrogen-bond acceptors (Lipinski definition) is 3. The van der Waals surface area contributed by atoms with Crippen LogP contribution in [0.1, 0.15) is 48.6 Å². The van der Waals surface area contributed by atoms with Crippen molar-refractivity contribution in [2.45, 2.75) is 53.9 Å². The molecule has 3 heterocycles. The van der Waals surface area contributed by atoms with Crippen molar-refractivity contribution >= 4 is 78.6 Å². The topological polar surface area (TPSA) is 6.48 Å². The summed E-state index contributed by atoms with van der Waals surface area (Å²) in [5.74, 6) is 0. The van der Waals surface area contributed by atoms with Crippen LogP contribution in [0.15, 0.2) is 194 Å². The van der Waals surface area contributed by atoms with Crippen LogP contribution in [-0.4, -0.2) is 6.71 Å². The largest absolute Gasteiger partial charge is 0.311 e. The summed E-state index contributed by atoms with van der Waals surface area (Å²) in [5.41, 5.74) is 25.0. The van der Waals surface area contributed by atoms with Gasteiger partial charge in [0.25, 0.3) is 6.71 Å². The Morgan fingerprint density at radius 2 is 1.06 bits per heavy atom. The first kappa shape index (κ1) is 42.0. The highest BCUT2D eigenvalue weighted by Crippen LogP contribution is 2.50. The Morgan fingerprint density at radius 3 is 1.72 bits per heavy atom. The molecule has 0 atom stereocenters. The van der Waals surface area contributed by atoms with E-state index < -0.39 is 0 Å². The highest BCUT2D eigenvalue weighted by atomic mass is 32.1. The van der Waals surface area contributed by atoms with Gasteiger partial charge in [-0.05, 0) is 176 Å². The predicted octanol–water partition coefficient (Wildman–Crippen LogP) is 16.2. The van der Waals surface area contributed by atoms with E-state index in [9.17, 15) is 0 Å². The Balaban J connectivity index is 1.20. The van der Waals surface area contributed by atoms with Gasteiger partial charge in [-0.1, -0.05) is 160 Å². The van der Waals surface area contributed by atoms with Gasteiger partial charge < -0.3 is 9.80 Å². The molecule has 0 bridgehead atoms. The number of para-hydroxylation sites is 1. The van der Waals surface area contributed by atoms with Crippen LogP contribution in [0.25, 0.3) is 54.6 Å². The van der Waals surface area contributed by atoms with E-state index in [4.69, 9.17) is 0 Å². The minimum absolute atomic E-state index is 0.0187. The van der Waals surface area contributed by atoms with Crippen LogP contribution in [0.3, 0.4) is 0 Å². The van der Waals surface area contributed by atoms with Gasteiger partial charge in [0, 0.05) is 44.4 Å². The van der Waals surface area contributed by atoms with Crippen LogP contribution in [0, 0.1) is 27.7 Å². The van der Waals surface area contributed by atoms with Crippen LogP contribution < -0.4 is 25.5 Å². The number of anilines is 6. The van der Waals surface area contributed by atoms with Crippen LogP contribution in [-0.2, 0) is 5.41 Å². The van der Waals surface area contributed by atoms with E-state index in [1.807, 2.05) is 11.3 Å². The van der Waals surface area contributed by atoms with Crippen molar-refractivity contribution in [1.29, 1.82) is 0 Å². The second-order valence-corrected chi connectivity index (χ2v) is 21.0. The van der Waals surface area contributed by atoms with E-state index in [0.29, 0.717) is 0 Å². The molecule has 0 unspecified atom stereocenters. The summed E-state index contributed by atoms with van der Waals surface area (Å²) in [6, 6.07) is 73.1. The summed E-state index contributed by atoms with van der Waals surface area (Å²) in [4.78, 5) is 6.39. The quantitative estimate of drug-likeness (QED) is 0.147. The molecule has 0 aliphatic carbocycles. The van der Waals surface area contributed by atoms with Gasteiger partial charge in [0.15, 0.2) is 0 Å². The van der Waals surface area contributed by atoms with Gasteiger partial charge in [-0.25, -0.2) is 0 Å². The van der Waals surface area contributed by atoms with E-state index in [-0.39, 0.29) is 12.1 Å². The fraction of sp³-hybridized carbons (Fsp3) is 0.125. The summed E-state index contributed by atoms with van der Waals surface area (Å²) < 4.78 is 1.42. The predicted molar refractivity (Wildman–Crippen MR) is 295 cm³/mol. The number of thiophene rings is 1. The monoisotopic (exact) mass is 892 g/mol. The summed E-state index contributed by atoms with van der Waals surface area (Å²) in [5, 5.41) is 2.69. The fourth-order valence-corrected chi connectivity index (χ4v) is 12.8. The molecule has 0 amide bonds. The lowest BCUT2D eigenvalue weighted by Crippen LogP contribution is -2.58. The van der Waals surface area contributed by atoms with E-state index >= 15 is 0 Å². The summed E-state index contributed by atoms with van der Waals surface area (Å²) >= 11 is 1.98. The lowest BCUT2D eigenvalue weighted by molar-refractivity contribution is 0.590. The molecular formula is C64H53BN2S. The molecule has 2 nitrogen and oxygen atoms in total. The molecule has 0 spiro atoms. The van der Waals surface area contributed by atoms with E-state index in [1.54, 1.807) is 0 Å². The maximum atomic E-state index is 2.60. The molecule has 0 fully saturated rings. The maximum absolute atomic E-state index is 2.60. The van der Waals surface area contributed by atoms with Gasteiger partial charge in [-0.3, -0.25) is 0 Å². The zero-order chi connectivity index (χ0) is 46.4. The Morgan fingerprint density at radius 1 is 0.471 bits per heavy atom. The highest BCUT2D eigenvalue weighted by molar-refractivity contribution is 7.32. The van der Waals surface area contributed by atoms with Gasteiger partial charge in [0.2, 0.25) is 0 Å². The van der Waals surface area contributed by atoms with E-state index in [1.165, 1.54) is 109 Å². The molecule has 12 rings (SSSR count). The molecule has 9 aromatic carbocycles. The normalized spacial score (nSPS) is 12.6. The van der Waals surface area contributed by atoms with Crippen molar-refractivity contribution < 1.29 is 0 Å². The standard InChI is InChI=1S/C64H53BN2S/c1-40-18-14-19-41(2)58(40)45-24-16-27-50(36-45)67-56-37-46(59-42(3)20-15-21-43(59)4)30-35-55(56)65-61-54(52-28-17-29-53-60(52)63(65)68-62(53)44-22-10-8-11-23-44)38-51(39-57(61)67)66(48-25-12-9-13-26-48)49-33-31-47(32-34-49)64(5,6)7/h8-39H,1-7H3. The van der Waals surface area contributed by atoms with Crippen LogP contribution in [0.5, 0.6) is 0 Å². The van der Waals surface area contributed by atoms with Crippen molar-refractivity contribution in [2.24, 2.45) is 0 Å². The second kappa shape index (κ2) is 16.1. The van der Waals surface area contributed by atoms with Crippen molar-refractivity contribution in [3.8, 4) is 43.8 Å². The smallest absolute Gasteiger partial charge is 0.260 e. The van der Waals surface area contributed by atoms with Crippen LogP contribution in [0.4, 0.5) is 34.1 Å². The Labute approximate surface area is 405 Å². The third kappa shape index (κ3) is 6.76. The molecule has 10 aromatic rings. The number of benzene rings is 9. The number of hydrogen-bond donors (Lipinski definition) is 0. The number of fused-ring (bicyclic) bond motifs is 4. The van der Waals surface area contributed by atoms with Crippen molar-refractivity contribution in [3.63, 3.8) is 0 Å². The molecule has 0 N–H and O–H groups in total. The molecule has 0 saturated heterocycles. The van der Waals surface area contributed by atoms with E-state index in [2.05, 4.69) is 252 Å². The lowest BCUT2D eigenvalue weighted by Gasteiger charge is -2.41. The molecule has 4 heteroatoms. The Kier molecular flexibility index (Phi) is 9.97. The third-order valence-corrected chi connectivity index (χ3v) is 15.8. The third-order valence-electron chi connectivity index (χ3n) is 14.5. The van der Waals surface area contributed by atoms with Gasteiger partial charge in [-0.2, -0.15) is 0 Å². The summed E-state index contributed by atoms with van der Waals surface area (Å²) in [6.45, 7) is 15.9. The van der Waals surface area contributed by atoms with Gasteiger partial charge >= 0.3 is 0 Å². The minimum Gasteiger partial charge on any atom is -0.311 e. The van der Waals surface area contributed by atoms with Crippen LogP contribution >= 0.6 is 11.3 Å². The number of nitrogens with zero attached hydrogens (tertiary/aromatic N) is 2. The zero-order valence-electron chi connectivity index (χ0n) is 39.9. The molecule has 2 aliphatic heterocycles. The fourth-order valence-electron chi connectivity index (χ4n) is 11.4. The van der Waals surface area contributed by atoms with Gasteiger partial charge in [0.1, 0.15) is 0 Å². The average Bonchev–Trinajstić information content (AvgIpc) is 3.73. The lowest BCUT2D eigenvalue weighted by atomic mass is 9.35. The van der Waals surface area contributed by atoms with Crippen LogP contribution in [0.2, 0.25) is 0 Å². The summed E-state index contributed by atoms with van der Waals surface area (Å²) in [7, 11) is 0. The number of rotatable bonds is 7. The Hall–Kier alpha value is -7.40. The first-order valence-electron chi connectivity index (χ1n) is 24.0. The SMILES string of the molecule is Cc1cccc(C)c1-c1cccc(N2c3cc(-c4c(C)cccc4C)ccc3B3c4c(cc(N(c5ccccc5)c5ccc(C(C)(C)C)cc5)cc42)-c2cccc4c(-c5ccccc5)sc3c24)c1. The molecule has 328 valence electrons. The van der Waals surface area contributed by atoms with Gasteiger partial charge in [-0.15, -0.1) is 11.3 Å². The number of aryl methyl sites for hydroxylation is 4. The molecule has 0 radical (unpaired) electrons. The Bertz CT molecular complexity index is 3560. The zero-order valence-corrected chi connectivity index (χ0v) is 40.7. The highest BCUT2D eigenvalue weighted by Gasteiger charge is 2.43. The molecule has 2 aliphatic rings. The van der Waals surface area contributed by atoms with Crippen molar-refractivity contribution in [1.82, 2.24) is 0 Å². The molecule has 1 aromatic heterocycles. The minimum atomic E-state index is 0.0187. The first-order valence-corrected chi connectivity index (χ1v) is 24.8. The van der Waals surface area contributed by atoms with Crippen molar-refractivity contribution in [3.05, 3.63) is 222 Å². The van der Waals surface area contributed by atoms with E-state index in [0.717, 1.165) is 22.7 Å². The molecular weight excluding hydrogens is 840 g/mol. The maximum Gasteiger partial charge on any atom is 0.260 e. The second-order valence-electron chi connectivity index (χ2n) is 19.9. The van der Waals surface area contributed by atoms with Crippen molar-refractivity contribution in [2.75, 3.05) is 9.80 Å². The first-order chi connectivity index (χ1) is 33.0. The molecule has 68 heavy (non-hydrogen) atoms.